The van der Waals surface area contributed by atoms with Gasteiger partial charge in [-0.3, -0.25) is 14.4 Å². The molecule has 2 aliphatic heterocycles. The first-order valence-electron chi connectivity index (χ1n) is 12.5. The first-order chi connectivity index (χ1) is 16.6. The zero-order valence-corrected chi connectivity index (χ0v) is 21.4. The van der Waals surface area contributed by atoms with Crippen molar-refractivity contribution in [3.05, 3.63) is 36.1 Å². The number of piperidine rings is 1. The van der Waals surface area contributed by atoms with E-state index in [9.17, 15) is 9.59 Å². The Balaban J connectivity index is 0.00000199. The Hall–Kier alpha value is -2.49. The number of hydrazine groups is 1. The van der Waals surface area contributed by atoms with Crippen LogP contribution in [-0.4, -0.2) is 72.8 Å². The lowest BCUT2D eigenvalue weighted by molar-refractivity contribution is -0.193. The lowest BCUT2D eigenvalue weighted by Gasteiger charge is -2.34. The third kappa shape index (κ3) is 7.51. The quantitative estimate of drug-likeness (QED) is 0.526. The second-order valence-electron chi connectivity index (χ2n) is 8.32. The summed E-state index contributed by atoms with van der Waals surface area (Å²) < 4.78 is 0. The van der Waals surface area contributed by atoms with E-state index in [-0.39, 0.29) is 24.0 Å². The molecule has 0 aromatic carbocycles. The van der Waals surface area contributed by atoms with Crippen LogP contribution in [0.5, 0.6) is 0 Å². The SMILES string of the molecule is C/C=C(/CON1CCCCC1CC(=O)NC)NC1=NC(C2C=CC=CCC2)N(C)N1C=O.CC. The Labute approximate surface area is 204 Å². The van der Waals surface area contributed by atoms with Crippen molar-refractivity contribution in [3.63, 3.8) is 0 Å². The molecule has 3 rings (SSSR count). The standard InChI is InChI=1S/C23H36N6O3.C2H6/c1-4-19(16-32-29-14-10-9-13-20(29)15-21(31)24-2)25-23-26-22(27(3)28(23)17-30)18-11-7-5-6-8-12-18;1-2/h4-7,11,17-18,20,22H,8-10,12-16H2,1-3H3,(H,24,31)(H,25,26);1-2H3/b19-4-;. The largest absolute Gasteiger partial charge is 0.359 e. The molecular formula is C25H42N6O3. The van der Waals surface area contributed by atoms with Crippen molar-refractivity contribution in [1.29, 1.82) is 0 Å². The van der Waals surface area contributed by atoms with Gasteiger partial charge in [-0.2, -0.15) is 10.1 Å². The second-order valence-corrected chi connectivity index (χ2v) is 8.32. The molecule has 34 heavy (non-hydrogen) atoms. The van der Waals surface area contributed by atoms with Crippen molar-refractivity contribution in [2.75, 3.05) is 27.2 Å². The number of nitrogens with one attached hydrogen (secondary N) is 2. The van der Waals surface area contributed by atoms with Gasteiger partial charge in [-0.25, -0.2) is 10.0 Å². The van der Waals surface area contributed by atoms with E-state index in [1.165, 1.54) is 5.01 Å². The van der Waals surface area contributed by atoms with Crippen molar-refractivity contribution in [2.24, 2.45) is 10.9 Å². The predicted octanol–water partition coefficient (Wildman–Crippen LogP) is 2.95. The summed E-state index contributed by atoms with van der Waals surface area (Å²) in [6, 6.07) is 0.0725. The van der Waals surface area contributed by atoms with Crippen molar-refractivity contribution in [1.82, 2.24) is 25.7 Å². The molecule has 0 aromatic rings. The van der Waals surface area contributed by atoms with E-state index < -0.39 is 0 Å². The minimum Gasteiger partial charge on any atom is -0.359 e. The van der Waals surface area contributed by atoms with Gasteiger partial charge in [-0.15, -0.1) is 0 Å². The van der Waals surface area contributed by atoms with Crippen LogP contribution in [0.3, 0.4) is 0 Å². The summed E-state index contributed by atoms with van der Waals surface area (Å²) in [5.41, 5.74) is 0.812. The normalized spacial score (nSPS) is 25.8. The lowest BCUT2D eigenvalue weighted by atomic mass is 10.0. The Kier molecular flexibility index (Phi) is 12.0. The summed E-state index contributed by atoms with van der Waals surface area (Å²) in [6.07, 6.45) is 16.5. The average molecular weight is 475 g/mol. The molecule has 3 unspecified atom stereocenters. The van der Waals surface area contributed by atoms with Crippen LogP contribution in [0.25, 0.3) is 0 Å². The van der Waals surface area contributed by atoms with E-state index in [1.807, 2.05) is 44.0 Å². The highest BCUT2D eigenvalue weighted by Gasteiger charge is 2.35. The number of allylic oxidation sites excluding steroid dienone is 4. The van der Waals surface area contributed by atoms with Crippen LogP contribution in [0.1, 0.15) is 59.3 Å². The topological polar surface area (TPSA) is 89.5 Å². The first kappa shape index (κ1) is 27.8. The molecule has 0 radical (unpaired) electrons. The third-order valence-corrected chi connectivity index (χ3v) is 6.23. The number of carbonyl (C=O) groups is 2. The number of amides is 2. The summed E-state index contributed by atoms with van der Waals surface area (Å²) >= 11 is 0. The Morgan fingerprint density at radius 1 is 1.26 bits per heavy atom. The fraction of sp³-hybridized carbons (Fsp3) is 0.640. The van der Waals surface area contributed by atoms with Gasteiger partial charge in [0.25, 0.3) is 0 Å². The molecule has 1 saturated heterocycles. The van der Waals surface area contributed by atoms with Gasteiger partial charge in [0.1, 0.15) is 12.8 Å². The molecule has 0 saturated carbocycles. The number of hydrogen-bond donors (Lipinski definition) is 2. The van der Waals surface area contributed by atoms with Gasteiger partial charge in [-0.05, 0) is 32.6 Å². The summed E-state index contributed by atoms with van der Waals surface area (Å²) in [7, 11) is 3.54. The number of aliphatic imine (C=N–C) groups is 1. The second kappa shape index (κ2) is 14.7. The van der Waals surface area contributed by atoms with Crippen molar-refractivity contribution in [3.8, 4) is 0 Å². The van der Waals surface area contributed by atoms with Crippen molar-refractivity contribution >= 4 is 18.3 Å². The molecule has 0 bridgehead atoms. The molecule has 2 N–H and O–H groups in total. The molecule has 2 amide bonds. The number of nitrogens with zero attached hydrogens (tertiary/aromatic N) is 4. The third-order valence-electron chi connectivity index (χ3n) is 6.23. The average Bonchev–Trinajstić information content (AvgIpc) is 3.02. The van der Waals surface area contributed by atoms with Crippen molar-refractivity contribution < 1.29 is 14.4 Å². The zero-order valence-electron chi connectivity index (χ0n) is 21.4. The highest BCUT2D eigenvalue weighted by atomic mass is 16.7. The highest BCUT2D eigenvalue weighted by molar-refractivity contribution is 5.90. The van der Waals surface area contributed by atoms with E-state index >= 15 is 0 Å². The van der Waals surface area contributed by atoms with E-state index in [1.54, 1.807) is 7.05 Å². The summed E-state index contributed by atoms with van der Waals surface area (Å²) in [6.45, 7) is 7.03. The maximum absolute atomic E-state index is 11.8. The number of hydroxylamine groups is 2. The van der Waals surface area contributed by atoms with Crippen LogP contribution < -0.4 is 10.6 Å². The molecule has 9 heteroatoms. The fourth-order valence-electron chi connectivity index (χ4n) is 4.30. The summed E-state index contributed by atoms with van der Waals surface area (Å²) in [5.74, 6) is 0.741. The zero-order chi connectivity index (χ0) is 24.9. The number of guanidine groups is 1. The van der Waals surface area contributed by atoms with Gasteiger partial charge in [0.15, 0.2) is 0 Å². The van der Waals surface area contributed by atoms with Gasteiger partial charge in [0.05, 0.1) is 0 Å². The van der Waals surface area contributed by atoms with Gasteiger partial charge in [0.2, 0.25) is 18.3 Å². The Bertz CT molecular complexity index is 779. The predicted molar refractivity (Wildman–Crippen MR) is 135 cm³/mol. The van der Waals surface area contributed by atoms with Gasteiger partial charge < -0.3 is 10.6 Å². The van der Waals surface area contributed by atoms with E-state index in [2.05, 4.69) is 34.9 Å². The van der Waals surface area contributed by atoms with Crippen LogP contribution in [-0.2, 0) is 14.4 Å². The Morgan fingerprint density at radius 3 is 2.76 bits per heavy atom. The monoisotopic (exact) mass is 474 g/mol. The van der Waals surface area contributed by atoms with Crippen LogP contribution in [0.4, 0.5) is 0 Å². The van der Waals surface area contributed by atoms with Crippen LogP contribution in [0.15, 0.2) is 41.1 Å². The molecule has 3 atom stereocenters. The maximum Gasteiger partial charge on any atom is 0.231 e. The lowest BCUT2D eigenvalue weighted by Crippen LogP contribution is -2.47. The molecule has 1 fully saturated rings. The molecular weight excluding hydrogens is 432 g/mol. The Morgan fingerprint density at radius 2 is 2.06 bits per heavy atom. The van der Waals surface area contributed by atoms with E-state index in [0.29, 0.717) is 19.0 Å². The van der Waals surface area contributed by atoms with Gasteiger partial charge >= 0.3 is 0 Å². The molecule has 1 aliphatic carbocycles. The molecule has 190 valence electrons. The number of carbonyl (C=O) groups excluding carboxylic acids is 2. The van der Waals surface area contributed by atoms with Gasteiger partial charge in [0, 0.05) is 44.7 Å². The summed E-state index contributed by atoms with van der Waals surface area (Å²) in [4.78, 5) is 34.6. The van der Waals surface area contributed by atoms with Crippen LogP contribution >= 0.6 is 0 Å². The summed E-state index contributed by atoms with van der Waals surface area (Å²) in [5, 5.41) is 11.3. The molecule has 0 spiro atoms. The van der Waals surface area contributed by atoms with Gasteiger partial charge in [-0.1, -0.05) is 50.6 Å². The highest BCUT2D eigenvalue weighted by Crippen LogP contribution is 2.26. The first-order valence-corrected chi connectivity index (χ1v) is 12.5. The molecule has 3 aliphatic rings. The molecule has 0 aromatic heterocycles. The van der Waals surface area contributed by atoms with E-state index in [4.69, 9.17) is 9.83 Å². The minimum absolute atomic E-state index is 0.0219. The van der Waals surface area contributed by atoms with E-state index in [0.717, 1.165) is 50.8 Å². The number of rotatable bonds is 8. The smallest absolute Gasteiger partial charge is 0.231 e. The maximum atomic E-state index is 11.8. The minimum atomic E-state index is -0.142. The van der Waals surface area contributed by atoms with Crippen LogP contribution in [0.2, 0.25) is 0 Å². The molecule has 9 nitrogen and oxygen atoms in total. The van der Waals surface area contributed by atoms with Crippen molar-refractivity contribution in [2.45, 2.75) is 71.5 Å². The molecule has 2 heterocycles. The number of hydrogen-bond acceptors (Lipinski definition) is 7. The fourth-order valence-corrected chi connectivity index (χ4v) is 4.30. The van der Waals surface area contributed by atoms with Crippen LogP contribution in [0, 0.1) is 5.92 Å².